The maximum absolute atomic E-state index is 5.69. The summed E-state index contributed by atoms with van der Waals surface area (Å²) in [6, 6.07) is 0. The predicted molar refractivity (Wildman–Crippen MR) is 65.6 cm³/mol. The van der Waals surface area contributed by atoms with Crippen LogP contribution < -0.4 is 11.1 Å². The number of rotatable bonds is 3. The molecule has 84 valence electrons. The fourth-order valence-electron chi connectivity index (χ4n) is 1.17. The van der Waals surface area contributed by atoms with E-state index in [0.717, 1.165) is 10.7 Å². The second-order valence-electron chi connectivity index (χ2n) is 3.15. The second-order valence-corrected chi connectivity index (χ2v) is 4.55. The molecule has 0 saturated carbocycles. The molecule has 3 N–H and O–H groups in total. The zero-order valence-electron chi connectivity index (χ0n) is 8.57. The molecule has 2 heterocycles. The van der Waals surface area contributed by atoms with Gasteiger partial charge in [-0.25, -0.2) is 9.97 Å². The minimum atomic E-state index is 0.172. The van der Waals surface area contributed by atoms with Gasteiger partial charge in [-0.15, -0.1) is 11.3 Å². The molecule has 0 saturated heterocycles. The molecule has 0 unspecified atom stereocenters. The highest BCUT2D eigenvalue weighted by molar-refractivity contribution is 7.09. The van der Waals surface area contributed by atoms with E-state index >= 15 is 0 Å². The lowest BCUT2D eigenvalue weighted by atomic mass is 10.4. The molecule has 0 spiro atoms. The molecule has 0 aliphatic rings. The first-order chi connectivity index (χ1) is 7.65. The Kier molecular flexibility index (Phi) is 3.21. The van der Waals surface area contributed by atoms with Crippen molar-refractivity contribution in [1.29, 1.82) is 0 Å². The highest BCUT2D eigenvalue weighted by Crippen LogP contribution is 2.17. The summed E-state index contributed by atoms with van der Waals surface area (Å²) < 4.78 is 0. The Bertz CT molecular complexity index is 498. The molecule has 0 aliphatic heterocycles. The SMILES string of the molecule is Cc1nc(CNc2nc(Cl)ncc2N)cs1. The molecule has 2 aromatic heterocycles. The van der Waals surface area contributed by atoms with Gasteiger partial charge in [0.25, 0.3) is 0 Å². The maximum Gasteiger partial charge on any atom is 0.224 e. The van der Waals surface area contributed by atoms with E-state index in [4.69, 9.17) is 17.3 Å². The van der Waals surface area contributed by atoms with Crippen molar-refractivity contribution < 1.29 is 0 Å². The van der Waals surface area contributed by atoms with E-state index in [9.17, 15) is 0 Å². The van der Waals surface area contributed by atoms with Crippen LogP contribution in [0.5, 0.6) is 0 Å². The quantitative estimate of drug-likeness (QED) is 0.822. The van der Waals surface area contributed by atoms with Crippen LogP contribution in [-0.2, 0) is 6.54 Å². The van der Waals surface area contributed by atoms with Gasteiger partial charge in [-0.3, -0.25) is 0 Å². The lowest BCUT2D eigenvalue weighted by molar-refractivity contribution is 1.03. The van der Waals surface area contributed by atoms with Gasteiger partial charge in [-0.1, -0.05) is 0 Å². The molecular weight excluding hydrogens is 246 g/mol. The average Bonchev–Trinajstić information content (AvgIpc) is 2.66. The van der Waals surface area contributed by atoms with Crippen molar-refractivity contribution in [3.63, 3.8) is 0 Å². The molecule has 0 atom stereocenters. The third kappa shape index (κ3) is 2.59. The van der Waals surface area contributed by atoms with Crippen molar-refractivity contribution >= 4 is 34.4 Å². The van der Waals surface area contributed by atoms with Gasteiger partial charge in [0.1, 0.15) is 0 Å². The molecule has 0 radical (unpaired) electrons. The largest absolute Gasteiger partial charge is 0.394 e. The number of hydrogen-bond acceptors (Lipinski definition) is 6. The fraction of sp³-hybridized carbons (Fsp3) is 0.222. The molecule has 0 aromatic carbocycles. The number of hydrogen-bond donors (Lipinski definition) is 2. The van der Waals surface area contributed by atoms with Crippen LogP contribution >= 0.6 is 22.9 Å². The van der Waals surface area contributed by atoms with E-state index in [2.05, 4.69) is 20.3 Å². The number of aromatic nitrogens is 3. The highest BCUT2D eigenvalue weighted by atomic mass is 35.5. The summed E-state index contributed by atoms with van der Waals surface area (Å²) >= 11 is 7.28. The van der Waals surface area contributed by atoms with Gasteiger partial charge in [-0.2, -0.15) is 4.98 Å². The number of nitrogen functional groups attached to an aromatic ring is 1. The monoisotopic (exact) mass is 255 g/mol. The highest BCUT2D eigenvalue weighted by Gasteiger charge is 2.04. The van der Waals surface area contributed by atoms with Gasteiger partial charge in [-0.05, 0) is 18.5 Å². The topological polar surface area (TPSA) is 76.7 Å². The van der Waals surface area contributed by atoms with Crippen molar-refractivity contribution in [3.8, 4) is 0 Å². The standard InChI is InChI=1S/C9H10ClN5S/c1-5-14-6(4-16-5)2-12-8-7(11)3-13-9(10)15-8/h3-4H,2,11H2,1H3,(H,12,13,15). The summed E-state index contributed by atoms with van der Waals surface area (Å²) in [5.74, 6) is 0.533. The van der Waals surface area contributed by atoms with Crippen LogP contribution in [0.15, 0.2) is 11.6 Å². The van der Waals surface area contributed by atoms with E-state index in [1.54, 1.807) is 11.3 Å². The molecule has 0 bridgehead atoms. The molecule has 0 fully saturated rings. The van der Waals surface area contributed by atoms with E-state index in [1.807, 2.05) is 12.3 Å². The Balaban J connectivity index is 2.07. The summed E-state index contributed by atoms with van der Waals surface area (Å²) in [6.45, 7) is 2.53. The fourth-order valence-corrected chi connectivity index (χ4v) is 1.92. The van der Waals surface area contributed by atoms with Crippen molar-refractivity contribution in [3.05, 3.63) is 27.6 Å². The lowest BCUT2D eigenvalue weighted by Gasteiger charge is -2.06. The summed E-state index contributed by atoms with van der Waals surface area (Å²) in [5, 5.41) is 6.26. The minimum Gasteiger partial charge on any atom is -0.394 e. The number of nitrogens with two attached hydrogens (primary N) is 1. The first-order valence-corrected chi connectivity index (χ1v) is 5.84. The third-order valence-corrected chi connectivity index (χ3v) is 2.90. The van der Waals surface area contributed by atoms with E-state index in [1.165, 1.54) is 6.20 Å². The number of thiazole rings is 1. The van der Waals surface area contributed by atoms with Gasteiger partial charge < -0.3 is 11.1 Å². The Morgan fingerprint density at radius 2 is 2.31 bits per heavy atom. The van der Waals surface area contributed by atoms with Gasteiger partial charge in [0, 0.05) is 5.38 Å². The lowest BCUT2D eigenvalue weighted by Crippen LogP contribution is -2.05. The molecule has 5 nitrogen and oxygen atoms in total. The van der Waals surface area contributed by atoms with E-state index in [-0.39, 0.29) is 5.28 Å². The summed E-state index contributed by atoms with van der Waals surface area (Å²) in [5.41, 5.74) is 7.12. The van der Waals surface area contributed by atoms with Crippen molar-refractivity contribution in [2.24, 2.45) is 0 Å². The van der Waals surface area contributed by atoms with Crippen LogP contribution in [0.2, 0.25) is 5.28 Å². The zero-order valence-corrected chi connectivity index (χ0v) is 10.1. The Labute approximate surface area is 102 Å². The molecule has 0 aliphatic carbocycles. The number of nitrogens with zero attached hydrogens (tertiary/aromatic N) is 3. The van der Waals surface area contributed by atoms with Crippen molar-refractivity contribution in [1.82, 2.24) is 15.0 Å². The first-order valence-electron chi connectivity index (χ1n) is 4.58. The van der Waals surface area contributed by atoms with Crippen LogP contribution in [0.3, 0.4) is 0 Å². The van der Waals surface area contributed by atoms with Crippen LogP contribution in [0.25, 0.3) is 0 Å². The Hall–Kier alpha value is -1.40. The molecule has 16 heavy (non-hydrogen) atoms. The first kappa shape index (κ1) is 11.1. The summed E-state index contributed by atoms with van der Waals surface area (Å²) in [4.78, 5) is 12.1. The molecule has 2 rings (SSSR count). The van der Waals surface area contributed by atoms with E-state index < -0.39 is 0 Å². The molecular formula is C9H10ClN5S. The zero-order chi connectivity index (χ0) is 11.5. The van der Waals surface area contributed by atoms with Gasteiger partial charge in [0.2, 0.25) is 5.28 Å². The van der Waals surface area contributed by atoms with Gasteiger partial charge in [0.15, 0.2) is 5.82 Å². The smallest absolute Gasteiger partial charge is 0.224 e. The van der Waals surface area contributed by atoms with Crippen LogP contribution in [0, 0.1) is 6.92 Å². The molecule has 2 aromatic rings. The van der Waals surface area contributed by atoms with E-state index in [0.29, 0.717) is 18.1 Å². The third-order valence-electron chi connectivity index (χ3n) is 1.89. The van der Waals surface area contributed by atoms with Gasteiger partial charge in [0.05, 0.1) is 29.1 Å². The molecule has 0 amide bonds. The maximum atomic E-state index is 5.69. The van der Waals surface area contributed by atoms with Crippen molar-refractivity contribution in [2.45, 2.75) is 13.5 Å². The minimum absolute atomic E-state index is 0.172. The number of anilines is 2. The Morgan fingerprint density at radius 1 is 1.50 bits per heavy atom. The van der Waals surface area contributed by atoms with Crippen molar-refractivity contribution in [2.75, 3.05) is 11.1 Å². The molecule has 7 heteroatoms. The van der Waals surface area contributed by atoms with Crippen LogP contribution in [0.4, 0.5) is 11.5 Å². The number of nitrogens with one attached hydrogen (secondary N) is 1. The normalized spacial score (nSPS) is 10.4. The summed E-state index contributed by atoms with van der Waals surface area (Å²) in [7, 11) is 0. The van der Waals surface area contributed by atoms with Crippen LogP contribution in [-0.4, -0.2) is 15.0 Å². The number of aryl methyl sites for hydroxylation is 1. The summed E-state index contributed by atoms with van der Waals surface area (Å²) in [6.07, 6.45) is 1.48. The van der Waals surface area contributed by atoms with Crippen LogP contribution in [0.1, 0.15) is 10.7 Å². The second kappa shape index (κ2) is 4.63. The number of halogens is 1. The predicted octanol–water partition coefficient (Wildman–Crippen LogP) is 2.09. The average molecular weight is 256 g/mol. The van der Waals surface area contributed by atoms with Gasteiger partial charge >= 0.3 is 0 Å². The Morgan fingerprint density at radius 3 is 3.00 bits per heavy atom.